The third-order valence-corrected chi connectivity index (χ3v) is 5.98. The fourth-order valence-electron chi connectivity index (χ4n) is 3.76. The van der Waals surface area contributed by atoms with E-state index in [-0.39, 0.29) is 17.4 Å². The van der Waals surface area contributed by atoms with Crippen LogP contribution < -0.4 is 5.56 Å². The smallest absolute Gasteiger partial charge is 0.266 e. The summed E-state index contributed by atoms with van der Waals surface area (Å²) in [6, 6.07) is 10.4. The van der Waals surface area contributed by atoms with Crippen LogP contribution in [0, 0.1) is 5.92 Å². The first-order valence-electron chi connectivity index (χ1n) is 9.77. The second-order valence-electron chi connectivity index (χ2n) is 7.37. The van der Waals surface area contributed by atoms with Crippen molar-refractivity contribution in [3.63, 3.8) is 0 Å². The second-order valence-corrected chi connectivity index (χ2v) is 7.89. The van der Waals surface area contributed by atoms with Crippen LogP contribution in [0.4, 0.5) is 0 Å². The Morgan fingerprint density at radius 1 is 1.10 bits per heavy atom. The zero-order valence-corrected chi connectivity index (χ0v) is 16.9. The lowest BCUT2D eigenvalue weighted by molar-refractivity contribution is 0.0680. The van der Waals surface area contributed by atoms with E-state index in [4.69, 9.17) is 0 Å². The van der Waals surface area contributed by atoms with Crippen LogP contribution in [0.5, 0.6) is 0 Å². The number of hydrogen-bond donors (Lipinski definition) is 0. The molecule has 5 rings (SSSR count). The van der Waals surface area contributed by atoms with E-state index in [1.807, 2.05) is 23.1 Å². The van der Waals surface area contributed by atoms with Gasteiger partial charge in [0, 0.05) is 43.7 Å². The summed E-state index contributed by atoms with van der Waals surface area (Å²) >= 11 is 1.15. The molecule has 0 N–H and O–H groups in total. The molecule has 0 unspecified atom stereocenters. The van der Waals surface area contributed by atoms with Gasteiger partial charge in [0.05, 0.1) is 11.7 Å². The minimum absolute atomic E-state index is 0.0133. The Morgan fingerprint density at radius 2 is 1.93 bits per heavy atom. The molecule has 30 heavy (non-hydrogen) atoms. The predicted molar refractivity (Wildman–Crippen MR) is 112 cm³/mol. The van der Waals surface area contributed by atoms with Crippen LogP contribution in [-0.2, 0) is 6.54 Å². The van der Waals surface area contributed by atoms with Crippen molar-refractivity contribution in [2.24, 2.45) is 5.92 Å². The monoisotopic (exact) mass is 421 g/mol. The SMILES string of the molecule is O=C(c1ccc2nsnc2c1)N1CCC(Cn2nc(-n3cccn3)ccc2=O)CC1. The molecule has 1 aliphatic heterocycles. The molecule has 0 saturated carbocycles. The van der Waals surface area contributed by atoms with Gasteiger partial charge >= 0.3 is 0 Å². The summed E-state index contributed by atoms with van der Waals surface area (Å²) < 4.78 is 11.5. The highest BCUT2D eigenvalue weighted by Gasteiger charge is 2.25. The molecule has 10 heteroatoms. The first-order valence-corrected chi connectivity index (χ1v) is 10.5. The molecular formula is C20H19N7O2S. The van der Waals surface area contributed by atoms with E-state index in [1.54, 1.807) is 29.2 Å². The summed E-state index contributed by atoms with van der Waals surface area (Å²) in [5.74, 6) is 0.913. The largest absolute Gasteiger partial charge is 0.339 e. The lowest BCUT2D eigenvalue weighted by Gasteiger charge is -2.32. The van der Waals surface area contributed by atoms with Crippen molar-refractivity contribution < 1.29 is 4.79 Å². The number of carbonyl (C=O) groups is 1. The quantitative estimate of drug-likeness (QED) is 0.500. The number of piperidine rings is 1. The van der Waals surface area contributed by atoms with Crippen LogP contribution in [0.3, 0.4) is 0 Å². The minimum atomic E-state index is -0.130. The molecule has 0 atom stereocenters. The molecule has 9 nitrogen and oxygen atoms in total. The Bertz CT molecular complexity index is 1240. The third-order valence-electron chi connectivity index (χ3n) is 5.43. The summed E-state index contributed by atoms with van der Waals surface area (Å²) in [7, 11) is 0. The van der Waals surface area contributed by atoms with Gasteiger partial charge in [0.1, 0.15) is 11.0 Å². The van der Waals surface area contributed by atoms with Gasteiger partial charge < -0.3 is 4.90 Å². The first-order chi connectivity index (χ1) is 14.7. The molecule has 1 fully saturated rings. The normalized spacial score (nSPS) is 15.0. The third kappa shape index (κ3) is 3.61. The van der Waals surface area contributed by atoms with Gasteiger partial charge in [-0.2, -0.15) is 13.8 Å². The van der Waals surface area contributed by atoms with Gasteiger partial charge in [0.25, 0.3) is 11.5 Å². The van der Waals surface area contributed by atoms with Crippen molar-refractivity contribution in [1.82, 2.24) is 33.2 Å². The summed E-state index contributed by atoms with van der Waals surface area (Å²) in [6.45, 7) is 1.85. The number of benzene rings is 1. The molecule has 4 heterocycles. The highest BCUT2D eigenvalue weighted by molar-refractivity contribution is 7.00. The number of amides is 1. The lowest BCUT2D eigenvalue weighted by atomic mass is 9.96. The average molecular weight is 421 g/mol. The molecule has 0 aliphatic carbocycles. The van der Waals surface area contributed by atoms with Gasteiger partial charge in [-0.3, -0.25) is 9.59 Å². The van der Waals surface area contributed by atoms with Crippen LogP contribution in [0.1, 0.15) is 23.2 Å². The van der Waals surface area contributed by atoms with Crippen LogP contribution in [-0.4, -0.2) is 52.2 Å². The molecule has 1 saturated heterocycles. The standard InChI is InChI=1S/C20H19N7O2S/c28-19-5-4-18(26-9-1-8-21-26)22-27(19)13-14-6-10-25(11-7-14)20(29)15-2-3-16-17(12-15)24-30-23-16/h1-5,8-9,12,14H,6-7,10-11,13H2. The molecule has 1 amide bonds. The van der Waals surface area contributed by atoms with E-state index >= 15 is 0 Å². The summed E-state index contributed by atoms with van der Waals surface area (Å²) in [6.07, 6.45) is 5.12. The maximum absolute atomic E-state index is 12.9. The molecule has 1 aliphatic rings. The van der Waals surface area contributed by atoms with Crippen molar-refractivity contribution in [1.29, 1.82) is 0 Å². The average Bonchev–Trinajstić information content (AvgIpc) is 3.47. The molecule has 152 valence electrons. The number of carbonyl (C=O) groups excluding carboxylic acids is 1. The highest BCUT2D eigenvalue weighted by Crippen LogP contribution is 2.21. The fraction of sp³-hybridized carbons (Fsp3) is 0.300. The van der Waals surface area contributed by atoms with E-state index in [9.17, 15) is 9.59 Å². The number of hydrogen-bond acceptors (Lipinski definition) is 7. The topological polar surface area (TPSA) is 98.8 Å². The van der Waals surface area contributed by atoms with E-state index in [0.29, 0.717) is 31.0 Å². The van der Waals surface area contributed by atoms with E-state index in [0.717, 1.165) is 35.6 Å². The number of rotatable bonds is 4. The van der Waals surface area contributed by atoms with Crippen LogP contribution in [0.2, 0.25) is 0 Å². The molecule has 4 aromatic rings. The Balaban J connectivity index is 1.24. The van der Waals surface area contributed by atoms with Gasteiger partial charge in [-0.1, -0.05) is 0 Å². The zero-order chi connectivity index (χ0) is 20.5. The maximum atomic E-state index is 12.9. The Kier molecular flexibility index (Phi) is 4.83. The van der Waals surface area contributed by atoms with E-state index < -0.39 is 0 Å². The summed E-state index contributed by atoms with van der Waals surface area (Å²) in [4.78, 5) is 27.0. The van der Waals surface area contributed by atoms with Crippen molar-refractivity contribution in [3.8, 4) is 5.82 Å². The van der Waals surface area contributed by atoms with Crippen molar-refractivity contribution in [2.45, 2.75) is 19.4 Å². The van der Waals surface area contributed by atoms with Crippen LogP contribution in [0.25, 0.3) is 16.9 Å². The van der Waals surface area contributed by atoms with Crippen molar-refractivity contribution in [3.05, 3.63) is 64.7 Å². The number of likely N-dealkylation sites (tertiary alicyclic amines) is 1. The van der Waals surface area contributed by atoms with Crippen LogP contribution in [0.15, 0.2) is 53.6 Å². The molecular weight excluding hydrogens is 402 g/mol. The molecule has 0 bridgehead atoms. The number of fused-ring (bicyclic) bond motifs is 1. The van der Waals surface area contributed by atoms with E-state index in [2.05, 4.69) is 18.9 Å². The second kappa shape index (κ2) is 7.79. The predicted octanol–water partition coefficient (Wildman–Crippen LogP) is 1.99. The molecule has 1 aromatic carbocycles. The summed E-state index contributed by atoms with van der Waals surface area (Å²) in [5, 5.41) is 8.61. The van der Waals surface area contributed by atoms with Gasteiger partial charge in [-0.25, -0.2) is 9.36 Å². The molecule has 0 radical (unpaired) electrons. The highest BCUT2D eigenvalue weighted by atomic mass is 32.1. The first kappa shape index (κ1) is 18.6. The van der Waals surface area contributed by atoms with Crippen molar-refractivity contribution >= 4 is 28.7 Å². The van der Waals surface area contributed by atoms with Gasteiger partial charge in [-0.05, 0) is 49.1 Å². The van der Waals surface area contributed by atoms with Gasteiger partial charge in [0.15, 0.2) is 5.82 Å². The Morgan fingerprint density at radius 3 is 2.73 bits per heavy atom. The minimum Gasteiger partial charge on any atom is -0.339 e. The Labute approximate surface area is 175 Å². The molecule has 0 spiro atoms. The van der Waals surface area contributed by atoms with Crippen molar-refractivity contribution in [2.75, 3.05) is 13.1 Å². The van der Waals surface area contributed by atoms with Gasteiger partial charge in [-0.15, -0.1) is 5.10 Å². The maximum Gasteiger partial charge on any atom is 0.266 e. The van der Waals surface area contributed by atoms with Crippen LogP contribution >= 0.6 is 11.7 Å². The van der Waals surface area contributed by atoms with Gasteiger partial charge in [0.2, 0.25) is 0 Å². The fourth-order valence-corrected chi connectivity index (χ4v) is 4.27. The number of aromatic nitrogens is 6. The lowest BCUT2D eigenvalue weighted by Crippen LogP contribution is -2.40. The number of nitrogens with zero attached hydrogens (tertiary/aromatic N) is 7. The Hall–Kier alpha value is -3.40. The molecule has 3 aromatic heterocycles. The summed E-state index contributed by atoms with van der Waals surface area (Å²) in [5.41, 5.74) is 2.07. The van der Waals surface area contributed by atoms with E-state index in [1.165, 1.54) is 10.7 Å². The zero-order valence-electron chi connectivity index (χ0n) is 16.1.